The summed E-state index contributed by atoms with van der Waals surface area (Å²) in [7, 11) is 0. The third kappa shape index (κ3) is 5.19. The Bertz CT molecular complexity index is 81.6. The monoisotopic (exact) mass is 161 g/mol. The molecule has 0 bridgehead atoms. The third-order valence-corrected chi connectivity index (χ3v) is 1.80. The van der Waals surface area contributed by atoms with Crippen LogP contribution in [0, 0.1) is 0 Å². The molecule has 1 nitrogen and oxygen atoms in total. The van der Waals surface area contributed by atoms with E-state index in [1.807, 2.05) is 13.8 Å². The molecule has 1 atom stereocenters. The van der Waals surface area contributed by atoms with E-state index in [0.29, 0.717) is 6.54 Å². The van der Waals surface area contributed by atoms with E-state index in [1.54, 1.807) is 6.92 Å². The Hall–Kier alpha value is -0.110. The molecule has 1 fully saturated rings. The van der Waals surface area contributed by atoms with Crippen molar-refractivity contribution in [1.29, 1.82) is 0 Å². The van der Waals surface area contributed by atoms with Crippen LogP contribution >= 0.6 is 0 Å². The second-order valence-corrected chi connectivity index (χ2v) is 3.05. The minimum atomic E-state index is -0.948. The van der Waals surface area contributed by atoms with E-state index >= 15 is 0 Å². The lowest BCUT2D eigenvalue weighted by Crippen LogP contribution is -2.31. The summed E-state index contributed by atoms with van der Waals surface area (Å²) < 4.78 is 13.1. The molecule has 0 saturated carbocycles. The van der Waals surface area contributed by atoms with E-state index in [4.69, 9.17) is 0 Å². The molecule has 0 aromatic carbocycles. The molecule has 1 saturated heterocycles. The molecular weight excluding hydrogens is 141 g/mol. The van der Waals surface area contributed by atoms with Crippen LogP contribution < -0.4 is 5.32 Å². The van der Waals surface area contributed by atoms with Crippen LogP contribution in [0.2, 0.25) is 0 Å². The summed E-state index contributed by atoms with van der Waals surface area (Å²) in [4.78, 5) is 0. The lowest BCUT2D eigenvalue weighted by atomic mass is 10.0. The topological polar surface area (TPSA) is 12.0 Å². The molecule has 1 heterocycles. The van der Waals surface area contributed by atoms with Crippen LogP contribution in [-0.4, -0.2) is 18.8 Å². The lowest BCUT2D eigenvalue weighted by molar-refractivity contribution is 0.179. The van der Waals surface area contributed by atoms with E-state index in [0.717, 1.165) is 25.8 Å². The molecule has 0 amide bonds. The molecular formula is C9H20FN. The fraction of sp³-hybridized carbons (Fsp3) is 1.00. The molecule has 68 valence electrons. The number of alkyl halides is 1. The van der Waals surface area contributed by atoms with Crippen molar-refractivity contribution in [2.75, 3.05) is 13.1 Å². The van der Waals surface area contributed by atoms with Crippen molar-refractivity contribution in [1.82, 2.24) is 5.32 Å². The second kappa shape index (κ2) is 5.53. The van der Waals surface area contributed by atoms with E-state index in [2.05, 4.69) is 5.32 Å². The molecule has 11 heavy (non-hydrogen) atoms. The molecule has 1 aliphatic rings. The van der Waals surface area contributed by atoms with Gasteiger partial charge in [-0.15, -0.1) is 0 Å². The van der Waals surface area contributed by atoms with E-state index in [1.165, 1.54) is 0 Å². The fourth-order valence-electron chi connectivity index (χ4n) is 1.18. The van der Waals surface area contributed by atoms with Crippen molar-refractivity contribution in [3.63, 3.8) is 0 Å². The van der Waals surface area contributed by atoms with Gasteiger partial charge in [0.15, 0.2) is 0 Å². The first-order chi connectivity index (χ1) is 5.21. The Labute approximate surface area is 69.4 Å². The van der Waals surface area contributed by atoms with Crippen LogP contribution in [0.1, 0.15) is 40.0 Å². The summed E-state index contributed by atoms with van der Waals surface area (Å²) in [6.07, 6.45) is 2.87. The smallest absolute Gasteiger partial charge is 0.120 e. The minimum absolute atomic E-state index is 0.535. The molecule has 1 rings (SSSR count). The molecule has 1 aliphatic heterocycles. The van der Waals surface area contributed by atoms with Crippen LogP contribution in [-0.2, 0) is 0 Å². The van der Waals surface area contributed by atoms with Gasteiger partial charge >= 0.3 is 0 Å². The second-order valence-electron chi connectivity index (χ2n) is 3.05. The highest BCUT2D eigenvalue weighted by molar-refractivity contribution is 4.78. The summed E-state index contributed by atoms with van der Waals surface area (Å²) in [5.74, 6) is 0. The van der Waals surface area contributed by atoms with Crippen molar-refractivity contribution < 1.29 is 4.39 Å². The van der Waals surface area contributed by atoms with Crippen molar-refractivity contribution in [3.05, 3.63) is 0 Å². The molecule has 0 aliphatic carbocycles. The first-order valence-corrected chi connectivity index (χ1v) is 4.60. The molecule has 0 radical (unpaired) electrons. The van der Waals surface area contributed by atoms with E-state index in [9.17, 15) is 4.39 Å². The number of hydrogen-bond acceptors (Lipinski definition) is 1. The Morgan fingerprint density at radius 2 is 1.91 bits per heavy atom. The summed E-state index contributed by atoms with van der Waals surface area (Å²) >= 11 is 0. The van der Waals surface area contributed by atoms with Crippen LogP contribution in [0.15, 0.2) is 0 Å². The van der Waals surface area contributed by atoms with Crippen LogP contribution in [0.5, 0.6) is 0 Å². The highest BCUT2D eigenvalue weighted by atomic mass is 19.1. The van der Waals surface area contributed by atoms with Crippen LogP contribution in [0.3, 0.4) is 0 Å². The van der Waals surface area contributed by atoms with Gasteiger partial charge in [0, 0.05) is 6.54 Å². The fourth-order valence-corrected chi connectivity index (χ4v) is 1.18. The third-order valence-electron chi connectivity index (χ3n) is 1.80. The number of hydrogen-bond donors (Lipinski definition) is 1. The molecule has 1 unspecified atom stereocenters. The maximum Gasteiger partial charge on any atom is 0.120 e. The van der Waals surface area contributed by atoms with Crippen molar-refractivity contribution in [3.8, 4) is 0 Å². The first-order valence-electron chi connectivity index (χ1n) is 4.60. The Morgan fingerprint density at radius 3 is 2.55 bits per heavy atom. The highest BCUT2D eigenvalue weighted by Crippen LogP contribution is 2.19. The van der Waals surface area contributed by atoms with E-state index in [-0.39, 0.29) is 0 Å². The molecule has 2 heteroatoms. The standard InChI is InChI=1S/C7H14FN.C2H6/c1-7(8)4-2-3-5-9-6-7;1-2/h9H,2-6H2,1H3;1-2H3. The Morgan fingerprint density at radius 1 is 1.27 bits per heavy atom. The average molecular weight is 161 g/mol. The molecule has 0 aromatic rings. The van der Waals surface area contributed by atoms with Crippen LogP contribution in [0.4, 0.5) is 4.39 Å². The normalized spacial score (nSPS) is 31.6. The SMILES string of the molecule is CC.CC1(F)CCCCNC1. The Kier molecular flexibility index (Phi) is 5.47. The van der Waals surface area contributed by atoms with Gasteiger partial charge in [-0.1, -0.05) is 13.8 Å². The van der Waals surface area contributed by atoms with Gasteiger partial charge in [0.05, 0.1) is 0 Å². The average Bonchev–Trinajstić information content (AvgIpc) is 2.17. The zero-order valence-electron chi connectivity index (χ0n) is 7.91. The summed E-state index contributed by atoms with van der Waals surface area (Å²) in [6, 6.07) is 0. The van der Waals surface area contributed by atoms with Crippen LogP contribution in [0.25, 0.3) is 0 Å². The van der Waals surface area contributed by atoms with Gasteiger partial charge in [0.1, 0.15) is 5.67 Å². The predicted octanol–water partition coefficient (Wildman–Crippen LogP) is 2.51. The minimum Gasteiger partial charge on any atom is -0.314 e. The Balaban J connectivity index is 0.000000461. The van der Waals surface area contributed by atoms with Gasteiger partial charge in [0.2, 0.25) is 0 Å². The van der Waals surface area contributed by atoms with Crippen molar-refractivity contribution >= 4 is 0 Å². The van der Waals surface area contributed by atoms with E-state index < -0.39 is 5.67 Å². The molecule has 1 N–H and O–H groups in total. The summed E-state index contributed by atoms with van der Waals surface area (Å²) in [5, 5.41) is 3.06. The molecule has 0 aromatic heterocycles. The lowest BCUT2D eigenvalue weighted by Gasteiger charge is -2.16. The number of nitrogens with one attached hydrogen (secondary N) is 1. The first kappa shape index (κ1) is 10.9. The van der Waals surface area contributed by atoms with Crippen molar-refractivity contribution in [2.45, 2.75) is 45.7 Å². The van der Waals surface area contributed by atoms with Gasteiger partial charge in [-0.2, -0.15) is 0 Å². The van der Waals surface area contributed by atoms with Crippen molar-refractivity contribution in [2.24, 2.45) is 0 Å². The number of rotatable bonds is 0. The van der Waals surface area contributed by atoms with Gasteiger partial charge in [-0.3, -0.25) is 0 Å². The zero-order valence-corrected chi connectivity index (χ0v) is 7.91. The van der Waals surface area contributed by atoms with Gasteiger partial charge in [-0.05, 0) is 32.7 Å². The quantitative estimate of drug-likeness (QED) is 0.575. The highest BCUT2D eigenvalue weighted by Gasteiger charge is 2.23. The largest absolute Gasteiger partial charge is 0.314 e. The summed E-state index contributed by atoms with van der Waals surface area (Å²) in [6.45, 7) is 7.19. The maximum atomic E-state index is 13.1. The van der Waals surface area contributed by atoms with Gasteiger partial charge in [0.25, 0.3) is 0 Å². The maximum absolute atomic E-state index is 13.1. The van der Waals surface area contributed by atoms with Gasteiger partial charge in [-0.25, -0.2) is 4.39 Å². The summed E-state index contributed by atoms with van der Waals surface area (Å²) in [5.41, 5.74) is -0.948. The molecule has 0 spiro atoms. The zero-order chi connectivity index (χ0) is 8.74. The number of halogens is 1. The van der Waals surface area contributed by atoms with Gasteiger partial charge < -0.3 is 5.32 Å². The predicted molar refractivity (Wildman–Crippen MR) is 47.6 cm³/mol.